The molecule has 112 valence electrons. The molecular weight excluding hydrogens is 306 g/mol. The highest BCUT2D eigenvalue weighted by Gasteiger charge is 2.22. The summed E-state index contributed by atoms with van der Waals surface area (Å²) in [6.07, 6.45) is 3.53. The lowest BCUT2D eigenvalue weighted by Gasteiger charge is -2.02. The summed E-state index contributed by atoms with van der Waals surface area (Å²) in [6.45, 7) is 0.748. The van der Waals surface area contributed by atoms with Crippen LogP contribution in [0.25, 0.3) is 5.65 Å². The molecule has 1 saturated heterocycles. The van der Waals surface area contributed by atoms with Crippen molar-refractivity contribution in [3.8, 4) is 0 Å². The van der Waals surface area contributed by atoms with Crippen LogP contribution in [-0.2, 0) is 4.74 Å². The Balaban J connectivity index is 1.51. The molecule has 1 atom stereocenters. The van der Waals surface area contributed by atoms with Crippen LogP contribution in [0.1, 0.15) is 34.3 Å². The van der Waals surface area contributed by atoms with Gasteiger partial charge in [-0.05, 0) is 35.4 Å². The number of anilines is 1. The molecule has 0 saturated carbocycles. The number of fused-ring (bicyclic) bond motifs is 1. The van der Waals surface area contributed by atoms with Crippen molar-refractivity contribution >= 4 is 28.0 Å². The van der Waals surface area contributed by atoms with Crippen LogP contribution in [0.2, 0.25) is 0 Å². The van der Waals surface area contributed by atoms with Crippen molar-refractivity contribution in [1.29, 1.82) is 0 Å². The molecule has 1 N–H and O–H groups in total. The van der Waals surface area contributed by atoms with Gasteiger partial charge in [0.15, 0.2) is 5.65 Å². The van der Waals surface area contributed by atoms with Gasteiger partial charge in [0.05, 0.1) is 5.56 Å². The van der Waals surface area contributed by atoms with Gasteiger partial charge >= 0.3 is 0 Å². The van der Waals surface area contributed by atoms with Crippen LogP contribution in [0, 0.1) is 0 Å². The lowest BCUT2D eigenvalue weighted by molar-refractivity contribution is 0.102. The maximum atomic E-state index is 12.2. The molecule has 0 spiro atoms. The predicted molar refractivity (Wildman–Crippen MR) is 76.6 cm³/mol. The Morgan fingerprint density at radius 3 is 3.18 bits per heavy atom. The summed E-state index contributed by atoms with van der Waals surface area (Å²) in [6, 6.07) is 3.33. The summed E-state index contributed by atoms with van der Waals surface area (Å²) < 4.78 is 6.99. The number of nitrogens with one attached hydrogen (secondary N) is 1. The monoisotopic (exact) mass is 317 g/mol. The van der Waals surface area contributed by atoms with E-state index < -0.39 is 0 Å². The molecule has 0 radical (unpaired) electrons. The van der Waals surface area contributed by atoms with Gasteiger partial charge in [-0.3, -0.25) is 10.1 Å². The van der Waals surface area contributed by atoms with E-state index in [-0.39, 0.29) is 12.0 Å². The molecule has 1 aliphatic heterocycles. The van der Waals surface area contributed by atoms with Crippen molar-refractivity contribution in [3.05, 3.63) is 28.9 Å². The molecule has 0 unspecified atom stereocenters. The van der Waals surface area contributed by atoms with Gasteiger partial charge in [-0.25, -0.2) is 0 Å². The number of amides is 1. The van der Waals surface area contributed by atoms with Crippen molar-refractivity contribution in [2.45, 2.75) is 18.9 Å². The fourth-order valence-corrected chi connectivity index (χ4v) is 3.05. The third kappa shape index (κ3) is 2.42. The fraction of sp³-hybridized carbons (Fsp3) is 0.333. The smallest absolute Gasteiger partial charge is 0.259 e. The number of ether oxygens (including phenoxy) is 1. The second-order valence-corrected chi connectivity index (χ2v) is 5.81. The number of hydrogen-bond acceptors (Lipinski definition) is 8. The normalized spacial score (nSPS) is 17.9. The van der Waals surface area contributed by atoms with Crippen molar-refractivity contribution in [3.63, 3.8) is 0 Å². The fourth-order valence-electron chi connectivity index (χ4n) is 2.23. The first kappa shape index (κ1) is 13.2. The summed E-state index contributed by atoms with van der Waals surface area (Å²) in [7, 11) is 0. The molecule has 22 heavy (non-hydrogen) atoms. The molecule has 1 amide bonds. The number of nitrogens with zero attached hydrogens (tertiary/aromatic N) is 6. The van der Waals surface area contributed by atoms with E-state index in [0.717, 1.165) is 24.5 Å². The molecule has 1 aliphatic rings. The zero-order valence-corrected chi connectivity index (χ0v) is 12.2. The van der Waals surface area contributed by atoms with E-state index in [1.165, 1.54) is 15.9 Å². The van der Waals surface area contributed by atoms with Crippen LogP contribution in [0.15, 0.2) is 18.3 Å². The highest BCUT2D eigenvalue weighted by molar-refractivity contribution is 7.15. The molecule has 10 heteroatoms. The van der Waals surface area contributed by atoms with Crippen molar-refractivity contribution in [2.75, 3.05) is 11.9 Å². The largest absolute Gasteiger partial charge is 0.371 e. The molecule has 0 aliphatic carbocycles. The zero-order chi connectivity index (χ0) is 14.9. The van der Waals surface area contributed by atoms with Gasteiger partial charge in [0.25, 0.3) is 5.91 Å². The van der Waals surface area contributed by atoms with Gasteiger partial charge in [0.1, 0.15) is 11.1 Å². The Kier molecular flexibility index (Phi) is 3.24. The summed E-state index contributed by atoms with van der Waals surface area (Å²) in [5.41, 5.74) is 1.02. The first-order valence-corrected chi connectivity index (χ1v) is 7.55. The van der Waals surface area contributed by atoms with E-state index in [1.807, 2.05) is 0 Å². The SMILES string of the molecule is O=C(Nc1nnc([C@H]2CCCO2)s1)c1ccc2nnnn2c1. The predicted octanol–water partition coefficient (Wildman–Crippen LogP) is 1.08. The first-order chi connectivity index (χ1) is 10.8. The van der Waals surface area contributed by atoms with Crippen molar-refractivity contribution in [1.82, 2.24) is 30.2 Å². The number of carbonyl (C=O) groups excluding carboxylic acids is 1. The Morgan fingerprint density at radius 1 is 1.36 bits per heavy atom. The average Bonchev–Trinajstić information content (AvgIpc) is 3.27. The van der Waals surface area contributed by atoms with Crippen LogP contribution in [-0.4, -0.2) is 42.8 Å². The number of rotatable bonds is 3. The van der Waals surface area contributed by atoms with E-state index in [0.29, 0.717) is 16.3 Å². The molecule has 3 aromatic heterocycles. The number of tetrazole rings is 1. The summed E-state index contributed by atoms with van der Waals surface area (Å²) >= 11 is 1.33. The highest BCUT2D eigenvalue weighted by atomic mass is 32.1. The van der Waals surface area contributed by atoms with Gasteiger partial charge in [0.2, 0.25) is 5.13 Å². The topological polar surface area (TPSA) is 107 Å². The third-order valence-corrected chi connectivity index (χ3v) is 4.25. The molecule has 3 aromatic rings. The number of carbonyl (C=O) groups is 1. The molecule has 4 heterocycles. The zero-order valence-electron chi connectivity index (χ0n) is 11.3. The van der Waals surface area contributed by atoms with Crippen LogP contribution in [0.4, 0.5) is 5.13 Å². The summed E-state index contributed by atoms with van der Waals surface area (Å²) in [5.74, 6) is -0.285. The maximum Gasteiger partial charge on any atom is 0.259 e. The molecular formula is C12H11N7O2S. The standard InChI is InChI=1S/C12H11N7O2S/c20-10(7-3-4-9-14-17-18-19(9)6-7)13-12-16-15-11(22-12)8-2-1-5-21-8/h3-4,6,8H,1-2,5H2,(H,13,16,20)/t8-/m1/s1. The Bertz CT molecular complexity index is 824. The molecule has 0 bridgehead atoms. The third-order valence-electron chi connectivity index (χ3n) is 3.32. The number of pyridine rings is 1. The molecule has 4 rings (SSSR count). The number of aromatic nitrogens is 6. The highest BCUT2D eigenvalue weighted by Crippen LogP contribution is 2.31. The van der Waals surface area contributed by atoms with E-state index in [2.05, 4.69) is 31.0 Å². The second kappa shape index (κ2) is 5.39. The van der Waals surface area contributed by atoms with Crippen LogP contribution >= 0.6 is 11.3 Å². The maximum absolute atomic E-state index is 12.2. The lowest BCUT2D eigenvalue weighted by atomic mass is 10.2. The minimum Gasteiger partial charge on any atom is -0.371 e. The molecule has 9 nitrogen and oxygen atoms in total. The minimum absolute atomic E-state index is 0.000672. The van der Waals surface area contributed by atoms with E-state index in [4.69, 9.17) is 4.74 Å². The van der Waals surface area contributed by atoms with Crippen molar-refractivity contribution in [2.24, 2.45) is 0 Å². The van der Waals surface area contributed by atoms with Crippen molar-refractivity contribution < 1.29 is 9.53 Å². The van der Waals surface area contributed by atoms with E-state index in [9.17, 15) is 4.79 Å². The van der Waals surface area contributed by atoms with Gasteiger partial charge in [0, 0.05) is 12.8 Å². The van der Waals surface area contributed by atoms with Gasteiger partial charge in [-0.1, -0.05) is 11.3 Å². The van der Waals surface area contributed by atoms with E-state index in [1.54, 1.807) is 18.3 Å². The Hall–Kier alpha value is -2.46. The Morgan fingerprint density at radius 2 is 2.32 bits per heavy atom. The lowest BCUT2D eigenvalue weighted by Crippen LogP contribution is -2.12. The van der Waals surface area contributed by atoms with Crippen LogP contribution in [0.5, 0.6) is 0 Å². The average molecular weight is 317 g/mol. The van der Waals surface area contributed by atoms with Gasteiger partial charge in [-0.15, -0.1) is 15.3 Å². The van der Waals surface area contributed by atoms with Crippen LogP contribution < -0.4 is 5.32 Å². The van der Waals surface area contributed by atoms with E-state index >= 15 is 0 Å². The van der Waals surface area contributed by atoms with Gasteiger partial charge in [-0.2, -0.15) is 4.52 Å². The second-order valence-electron chi connectivity index (χ2n) is 4.80. The minimum atomic E-state index is -0.285. The number of hydrogen-bond donors (Lipinski definition) is 1. The molecule has 0 aromatic carbocycles. The van der Waals surface area contributed by atoms with Gasteiger partial charge < -0.3 is 4.74 Å². The summed E-state index contributed by atoms with van der Waals surface area (Å²) in [4.78, 5) is 12.2. The molecule has 1 fully saturated rings. The Labute approximate surface area is 128 Å². The quantitative estimate of drug-likeness (QED) is 0.770. The first-order valence-electron chi connectivity index (χ1n) is 6.74. The summed E-state index contributed by atoms with van der Waals surface area (Å²) in [5, 5.41) is 23.1. The van der Waals surface area contributed by atoms with Crippen LogP contribution in [0.3, 0.4) is 0 Å².